The molecule has 5 rings (SSSR count). The lowest BCUT2D eigenvalue weighted by Crippen LogP contribution is -2.33. The van der Waals surface area contributed by atoms with Gasteiger partial charge in [-0.05, 0) is 56.2 Å². The second kappa shape index (κ2) is 15.8. The number of hydrogen-bond acceptors (Lipinski definition) is 12. The molecule has 258 valence electrons. The number of allylic oxidation sites excluding steroid dienone is 1. The molecule has 0 radical (unpaired) electrons. The third-order valence-corrected chi connectivity index (χ3v) is 10.3. The summed E-state index contributed by atoms with van der Waals surface area (Å²) in [6.07, 6.45) is 3.47. The average molecular weight is 707 g/mol. The number of benzene rings is 1. The van der Waals surface area contributed by atoms with E-state index in [-0.39, 0.29) is 70.8 Å². The summed E-state index contributed by atoms with van der Waals surface area (Å²) in [7, 11) is 3.09. The minimum absolute atomic E-state index is 0.0155. The van der Waals surface area contributed by atoms with E-state index >= 15 is 0 Å². The fraction of sp³-hybridized carbons (Fsp3) is 0.382. The minimum atomic E-state index is -1.43. The van der Waals surface area contributed by atoms with Crippen LogP contribution in [-0.4, -0.2) is 68.2 Å². The molecule has 15 heteroatoms. The number of anilines is 1. The predicted molar refractivity (Wildman–Crippen MR) is 189 cm³/mol. The first-order chi connectivity index (χ1) is 23.5. The number of nitrogens with one attached hydrogen (secondary N) is 2. The van der Waals surface area contributed by atoms with Crippen molar-refractivity contribution in [2.75, 3.05) is 25.1 Å². The van der Waals surface area contributed by atoms with Crippen LogP contribution in [0, 0.1) is 11.8 Å². The molecule has 49 heavy (non-hydrogen) atoms. The van der Waals surface area contributed by atoms with Gasteiger partial charge in [-0.2, -0.15) is 4.98 Å². The van der Waals surface area contributed by atoms with E-state index in [1.165, 1.54) is 21.6 Å². The third kappa shape index (κ3) is 8.05. The molecular weight excluding hydrogens is 669 g/mol. The number of hydrogen-bond donors (Lipinski definition) is 5. The molecule has 7 N–H and O–H groups in total. The number of carbonyl (C=O) groups excluding carboxylic acids is 3. The highest BCUT2D eigenvalue weighted by atomic mass is 33.1. The number of ether oxygens (including phenoxy) is 2. The molecule has 3 aromatic rings. The fourth-order valence-electron chi connectivity index (χ4n) is 5.71. The van der Waals surface area contributed by atoms with Crippen LogP contribution in [0.25, 0.3) is 11.0 Å². The summed E-state index contributed by atoms with van der Waals surface area (Å²) in [5, 5.41) is 14.4. The number of aliphatic hydroxyl groups is 1. The molecular formula is C34H38N6O7S2. The van der Waals surface area contributed by atoms with E-state index in [1.54, 1.807) is 48.1 Å². The Bertz CT molecular complexity index is 1950. The molecule has 3 heterocycles. The first-order valence-corrected chi connectivity index (χ1v) is 18.3. The van der Waals surface area contributed by atoms with Crippen LogP contribution in [0.3, 0.4) is 0 Å². The highest BCUT2D eigenvalue weighted by molar-refractivity contribution is 8.76. The number of carbonyl (C=O) groups is 3. The smallest absolute Gasteiger partial charge is 0.339 e. The number of amides is 1. The lowest BCUT2D eigenvalue weighted by Gasteiger charge is -2.32. The van der Waals surface area contributed by atoms with Crippen molar-refractivity contribution in [3.05, 3.63) is 80.3 Å². The Kier molecular flexibility index (Phi) is 11.6. The van der Waals surface area contributed by atoms with Crippen LogP contribution in [0.4, 0.5) is 5.95 Å². The van der Waals surface area contributed by atoms with E-state index in [0.717, 1.165) is 0 Å². The van der Waals surface area contributed by atoms with E-state index in [2.05, 4.69) is 27.1 Å². The number of rotatable bonds is 6. The Balaban J connectivity index is 1.61. The highest BCUT2D eigenvalue weighted by Gasteiger charge is 2.38. The lowest BCUT2D eigenvalue weighted by molar-refractivity contribution is -0.139. The maximum Gasteiger partial charge on any atom is 0.339 e. The number of aliphatic hydroxyl groups excluding tert-OH is 1. The van der Waals surface area contributed by atoms with Crippen LogP contribution < -0.4 is 22.3 Å². The molecule has 2 aliphatic rings. The molecule has 1 amide bonds. The van der Waals surface area contributed by atoms with Crippen LogP contribution >= 0.6 is 21.6 Å². The van der Waals surface area contributed by atoms with Gasteiger partial charge in [0.1, 0.15) is 12.3 Å². The molecule has 0 saturated heterocycles. The molecule has 1 aliphatic carbocycles. The molecule has 0 saturated carbocycles. The van der Waals surface area contributed by atoms with E-state index in [0.29, 0.717) is 29.6 Å². The molecule has 4 atom stereocenters. The fourth-order valence-corrected chi connectivity index (χ4v) is 7.47. The summed E-state index contributed by atoms with van der Waals surface area (Å²) in [6, 6.07) is 6.33. The highest BCUT2D eigenvalue weighted by Crippen LogP contribution is 2.42. The van der Waals surface area contributed by atoms with Crippen molar-refractivity contribution in [2.24, 2.45) is 5.73 Å². The van der Waals surface area contributed by atoms with Crippen molar-refractivity contribution in [1.82, 2.24) is 19.9 Å². The second-order valence-corrected chi connectivity index (χ2v) is 14.4. The van der Waals surface area contributed by atoms with Crippen LogP contribution in [-0.2, 0) is 19.1 Å². The molecule has 13 nitrogen and oxygen atoms in total. The van der Waals surface area contributed by atoms with Gasteiger partial charge in [0.25, 0.3) is 5.56 Å². The van der Waals surface area contributed by atoms with Crippen molar-refractivity contribution in [2.45, 2.75) is 63.2 Å². The number of nitrogens with zero attached hydrogens (tertiary/aromatic N) is 2. The lowest BCUT2D eigenvalue weighted by atomic mass is 9.82. The number of H-pyrrole nitrogens is 1. The zero-order valence-electron chi connectivity index (χ0n) is 27.3. The topological polar surface area (TPSA) is 205 Å². The number of nitrogens with two attached hydrogens (primary N) is 2. The Morgan fingerprint density at radius 3 is 2.76 bits per heavy atom. The molecule has 2 unspecified atom stereocenters. The van der Waals surface area contributed by atoms with Gasteiger partial charge in [0, 0.05) is 35.9 Å². The Morgan fingerprint density at radius 1 is 1.22 bits per heavy atom. The van der Waals surface area contributed by atoms with Crippen molar-refractivity contribution in [1.29, 1.82) is 0 Å². The summed E-state index contributed by atoms with van der Waals surface area (Å²) in [5.41, 5.74) is 13.9. The van der Waals surface area contributed by atoms with Crippen LogP contribution in [0.15, 0.2) is 58.1 Å². The van der Waals surface area contributed by atoms with Crippen LogP contribution in [0.2, 0.25) is 0 Å². The second-order valence-electron chi connectivity index (χ2n) is 11.6. The maximum atomic E-state index is 13.8. The number of fused-ring (bicyclic) bond motifs is 6. The van der Waals surface area contributed by atoms with Gasteiger partial charge in [-0.1, -0.05) is 51.6 Å². The van der Waals surface area contributed by atoms with Crippen molar-refractivity contribution < 1.29 is 29.0 Å². The number of esters is 2. The van der Waals surface area contributed by atoms with Gasteiger partial charge in [0.2, 0.25) is 11.9 Å². The zero-order valence-corrected chi connectivity index (χ0v) is 28.9. The van der Waals surface area contributed by atoms with Crippen molar-refractivity contribution in [3.63, 3.8) is 0 Å². The van der Waals surface area contributed by atoms with Gasteiger partial charge in [-0.25, -0.2) is 9.59 Å². The van der Waals surface area contributed by atoms with Gasteiger partial charge < -0.3 is 35.9 Å². The van der Waals surface area contributed by atoms with Gasteiger partial charge in [0.15, 0.2) is 5.65 Å². The Labute approximate surface area is 290 Å². The summed E-state index contributed by atoms with van der Waals surface area (Å²) < 4.78 is 13.1. The van der Waals surface area contributed by atoms with Crippen LogP contribution in [0.5, 0.6) is 0 Å². The van der Waals surface area contributed by atoms with Gasteiger partial charge in [0.05, 0.1) is 35.2 Å². The zero-order chi connectivity index (χ0) is 35.2. The first-order valence-electron chi connectivity index (χ1n) is 15.7. The van der Waals surface area contributed by atoms with Gasteiger partial charge in [-0.3, -0.25) is 14.6 Å². The molecule has 0 fully saturated rings. The number of cyclic esters (lactones) is 1. The molecule has 2 aromatic heterocycles. The molecule has 0 spiro atoms. The quantitative estimate of drug-likeness (QED) is 0.142. The standard InChI is InChI=1S/C34H38N6O7S2/c1-18(35)21-10-4-5-11-22(21)32(44)47-25-16-27(42)40-17-20(28-30(40)38-34(36)39-31(28)43)9-8-13-37-26(41)12-6-7-14-46-33(45)29-23(15-24(25)29)19(2)49-48-3/h4-5,10-11,15,17-19,25,27,42H,6-7,12-14,16,35H2,1-3H3,(H,37,41)(H3,36,38,39,43)/t18?,19?,25-,27+/m0/s1. The van der Waals surface area contributed by atoms with E-state index < -0.39 is 35.9 Å². The van der Waals surface area contributed by atoms with Gasteiger partial charge in [-0.15, -0.1) is 0 Å². The Morgan fingerprint density at radius 2 is 2.00 bits per heavy atom. The van der Waals surface area contributed by atoms with Gasteiger partial charge >= 0.3 is 11.9 Å². The Hall–Kier alpha value is -4.49. The average Bonchev–Trinajstić information content (AvgIpc) is 3.40. The summed E-state index contributed by atoms with van der Waals surface area (Å²) in [5.74, 6) is 4.02. The van der Waals surface area contributed by atoms with Crippen LogP contribution in [0.1, 0.15) is 73.3 Å². The normalized spacial score (nSPS) is 20.1. The number of nitrogen functional groups attached to an aromatic ring is 1. The van der Waals surface area contributed by atoms with Crippen molar-refractivity contribution >= 4 is 56.4 Å². The first kappa shape index (κ1) is 35.8. The summed E-state index contributed by atoms with van der Waals surface area (Å²) in [4.78, 5) is 59.5. The largest absolute Gasteiger partial charge is 0.462 e. The SMILES string of the molecule is CSSC(C)C1=C2C(=O)OCCCCC(=O)NCC#Cc3cn(c4nc(N)[nH]c(=O)c34)[C@H](O)C[C@H](OC(=O)c3ccccc3C(C)N)C2=C1. The number of aromatic nitrogens is 3. The maximum absolute atomic E-state index is 13.8. The number of aromatic amines is 1. The summed E-state index contributed by atoms with van der Waals surface area (Å²) >= 11 is 0. The van der Waals surface area contributed by atoms with E-state index in [9.17, 15) is 24.3 Å². The minimum Gasteiger partial charge on any atom is -0.462 e. The predicted octanol–water partition coefficient (Wildman–Crippen LogP) is 3.26. The summed E-state index contributed by atoms with van der Waals surface area (Å²) in [6.45, 7) is 3.80. The molecule has 1 aromatic carbocycles. The van der Waals surface area contributed by atoms with Crippen molar-refractivity contribution in [3.8, 4) is 11.8 Å². The molecule has 2 bridgehead atoms. The van der Waals surface area contributed by atoms with E-state index in [4.69, 9.17) is 20.9 Å². The third-order valence-electron chi connectivity index (χ3n) is 8.11. The van der Waals surface area contributed by atoms with E-state index in [1.807, 2.05) is 13.2 Å². The molecule has 1 aliphatic heterocycles. The monoisotopic (exact) mass is 706 g/mol.